The van der Waals surface area contributed by atoms with E-state index in [-0.39, 0.29) is 35.3 Å². The Bertz CT molecular complexity index is 1230. The first kappa shape index (κ1) is 22.8. The minimum Gasteiger partial charge on any atom is -0.493 e. The molecule has 0 radical (unpaired) electrons. The van der Waals surface area contributed by atoms with Crippen molar-refractivity contribution >= 4 is 23.5 Å². The molecular formula is C24H24FN3O4S. The first-order chi connectivity index (χ1) is 16.0. The molecule has 1 aromatic heterocycles. The molecule has 0 spiro atoms. The van der Waals surface area contributed by atoms with Crippen LogP contribution in [0.3, 0.4) is 0 Å². The lowest BCUT2D eigenvalue weighted by molar-refractivity contribution is -0.116. The van der Waals surface area contributed by atoms with Gasteiger partial charge >= 0.3 is 0 Å². The number of methoxy groups -OCH3 is 1. The number of anilines is 1. The van der Waals surface area contributed by atoms with Crippen molar-refractivity contribution in [3.63, 3.8) is 0 Å². The summed E-state index contributed by atoms with van der Waals surface area (Å²) in [6.45, 7) is 2.47. The lowest BCUT2D eigenvalue weighted by atomic mass is 9.86. The van der Waals surface area contributed by atoms with Gasteiger partial charge in [0.1, 0.15) is 11.6 Å². The molecule has 4 rings (SSSR count). The fourth-order valence-corrected chi connectivity index (χ4v) is 4.62. The van der Waals surface area contributed by atoms with Crippen LogP contribution in [0.15, 0.2) is 52.4 Å². The van der Waals surface area contributed by atoms with Crippen molar-refractivity contribution in [2.75, 3.05) is 19.0 Å². The van der Waals surface area contributed by atoms with Crippen molar-refractivity contribution < 1.29 is 18.7 Å². The van der Waals surface area contributed by atoms with E-state index in [1.54, 1.807) is 37.4 Å². The van der Waals surface area contributed by atoms with Gasteiger partial charge in [-0.3, -0.25) is 9.59 Å². The number of ether oxygens (including phenoxy) is 2. The Kier molecular flexibility index (Phi) is 6.98. The Morgan fingerprint density at radius 2 is 2.00 bits per heavy atom. The standard InChI is InChI=1S/C24H24FN3O4S/c1-3-11-32-21-15(8-6-10-18(21)31-2)16-12-19(29)26-22-20(16)23(30)28-24(27-22)33-13-14-7-4-5-9-17(14)25/h4-10,16H,3,11-13H2,1-2H3,(H2,26,27,28,29,30)/t16-/m0/s1. The third kappa shape index (κ3) is 4.88. The van der Waals surface area contributed by atoms with Crippen molar-refractivity contribution in [2.45, 2.75) is 36.6 Å². The minimum absolute atomic E-state index is 0.0785. The van der Waals surface area contributed by atoms with Gasteiger partial charge in [0.05, 0.1) is 19.3 Å². The quantitative estimate of drug-likeness (QED) is 0.373. The fraction of sp³-hybridized carbons (Fsp3) is 0.292. The van der Waals surface area contributed by atoms with E-state index in [1.807, 2.05) is 13.0 Å². The highest BCUT2D eigenvalue weighted by Crippen LogP contribution is 2.42. The van der Waals surface area contributed by atoms with Gasteiger partial charge < -0.3 is 19.8 Å². The second kappa shape index (κ2) is 10.1. The topological polar surface area (TPSA) is 93.3 Å². The molecule has 3 aromatic rings. The van der Waals surface area contributed by atoms with Crippen LogP contribution in [0.25, 0.3) is 0 Å². The van der Waals surface area contributed by atoms with E-state index >= 15 is 0 Å². The number of amides is 1. The zero-order chi connectivity index (χ0) is 23.4. The molecule has 2 heterocycles. The summed E-state index contributed by atoms with van der Waals surface area (Å²) in [6, 6.07) is 11.9. The molecule has 2 aromatic carbocycles. The zero-order valence-corrected chi connectivity index (χ0v) is 19.1. The first-order valence-electron chi connectivity index (χ1n) is 10.6. The summed E-state index contributed by atoms with van der Waals surface area (Å²) in [4.78, 5) is 32.9. The van der Waals surface area contributed by atoms with Crippen LogP contribution in [0, 0.1) is 5.82 Å². The largest absolute Gasteiger partial charge is 0.493 e. The Morgan fingerprint density at radius 1 is 1.18 bits per heavy atom. The number of halogens is 1. The number of rotatable bonds is 8. The smallest absolute Gasteiger partial charge is 0.257 e. The molecule has 1 aliphatic heterocycles. The molecule has 1 atom stereocenters. The van der Waals surface area contributed by atoms with Crippen molar-refractivity contribution in [3.05, 3.63) is 75.3 Å². The van der Waals surface area contributed by atoms with Crippen molar-refractivity contribution in [1.82, 2.24) is 9.97 Å². The molecule has 0 saturated heterocycles. The van der Waals surface area contributed by atoms with Gasteiger partial charge in [-0.25, -0.2) is 9.37 Å². The highest BCUT2D eigenvalue weighted by Gasteiger charge is 2.33. The number of carbonyl (C=O) groups excluding carboxylic acids is 1. The molecule has 1 amide bonds. The number of carbonyl (C=O) groups is 1. The van der Waals surface area contributed by atoms with E-state index in [2.05, 4.69) is 15.3 Å². The minimum atomic E-state index is -0.544. The molecule has 0 aliphatic carbocycles. The van der Waals surface area contributed by atoms with E-state index in [0.717, 1.165) is 6.42 Å². The summed E-state index contributed by atoms with van der Waals surface area (Å²) in [5, 5.41) is 3.01. The molecule has 0 fully saturated rings. The number of nitrogens with one attached hydrogen (secondary N) is 2. The van der Waals surface area contributed by atoms with Gasteiger partial charge in [0.15, 0.2) is 16.7 Å². The summed E-state index contributed by atoms with van der Waals surface area (Å²) >= 11 is 1.19. The number of fused-ring (bicyclic) bond motifs is 1. The zero-order valence-electron chi connectivity index (χ0n) is 18.3. The second-order valence-electron chi connectivity index (χ2n) is 7.55. The van der Waals surface area contributed by atoms with E-state index in [9.17, 15) is 14.0 Å². The highest BCUT2D eigenvalue weighted by molar-refractivity contribution is 7.98. The summed E-state index contributed by atoms with van der Waals surface area (Å²) in [5.41, 5.74) is 1.20. The average molecular weight is 470 g/mol. The SMILES string of the molecule is CCCOc1c(OC)cccc1[C@@H]1CC(=O)Nc2nc(SCc3ccccc3F)[nH]c(=O)c21. The molecule has 7 nitrogen and oxygen atoms in total. The number of H-pyrrole nitrogens is 1. The number of hydrogen-bond donors (Lipinski definition) is 2. The summed E-state index contributed by atoms with van der Waals surface area (Å²) in [6.07, 6.45) is 0.874. The molecule has 9 heteroatoms. The van der Waals surface area contributed by atoms with Crippen LogP contribution < -0.4 is 20.3 Å². The number of nitrogens with zero attached hydrogens (tertiary/aromatic N) is 1. The van der Waals surface area contributed by atoms with Gasteiger partial charge in [-0.1, -0.05) is 49.0 Å². The Labute approximate surface area is 194 Å². The van der Waals surface area contributed by atoms with Gasteiger partial charge in [0, 0.05) is 23.7 Å². The number of aromatic nitrogens is 2. The van der Waals surface area contributed by atoms with Gasteiger partial charge in [-0.15, -0.1) is 0 Å². The average Bonchev–Trinajstić information content (AvgIpc) is 2.81. The van der Waals surface area contributed by atoms with Crippen LogP contribution in [0.2, 0.25) is 0 Å². The number of para-hydroxylation sites is 1. The lowest BCUT2D eigenvalue weighted by Gasteiger charge is -2.26. The van der Waals surface area contributed by atoms with Gasteiger partial charge in [0.25, 0.3) is 5.56 Å². The monoisotopic (exact) mass is 469 g/mol. The normalized spacial score (nSPS) is 15.0. The van der Waals surface area contributed by atoms with Crippen LogP contribution in [-0.4, -0.2) is 29.6 Å². The summed E-state index contributed by atoms with van der Waals surface area (Å²) in [7, 11) is 1.55. The van der Waals surface area contributed by atoms with E-state index in [0.29, 0.717) is 40.0 Å². The van der Waals surface area contributed by atoms with Crippen LogP contribution in [0.1, 0.15) is 42.4 Å². The Morgan fingerprint density at radius 3 is 2.76 bits per heavy atom. The van der Waals surface area contributed by atoms with E-state index in [1.165, 1.54) is 17.8 Å². The van der Waals surface area contributed by atoms with Crippen LogP contribution in [-0.2, 0) is 10.5 Å². The van der Waals surface area contributed by atoms with Crippen molar-refractivity contribution in [3.8, 4) is 11.5 Å². The molecule has 1 aliphatic rings. The van der Waals surface area contributed by atoms with Crippen LogP contribution >= 0.6 is 11.8 Å². The predicted octanol–water partition coefficient (Wildman–Crippen LogP) is 4.47. The molecule has 2 N–H and O–H groups in total. The molecule has 0 saturated carbocycles. The third-order valence-corrected chi connectivity index (χ3v) is 6.23. The molecule has 0 unspecified atom stereocenters. The van der Waals surface area contributed by atoms with Crippen LogP contribution in [0.4, 0.5) is 10.2 Å². The first-order valence-corrected chi connectivity index (χ1v) is 11.6. The summed E-state index contributed by atoms with van der Waals surface area (Å²) in [5.74, 6) is 0.436. The maximum atomic E-state index is 13.9. The summed E-state index contributed by atoms with van der Waals surface area (Å²) < 4.78 is 25.3. The fourth-order valence-electron chi connectivity index (χ4n) is 3.77. The van der Waals surface area contributed by atoms with Gasteiger partial charge in [-0.05, 0) is 24.1 Å². The number of benzene rings is 2. The van der Waals surface area contributed by atoms with Gasteiger partial charge in [-0.2, -0.15) is 0 Å². The molecular weight excluding hydrogens is 445 g/mol. The Hall–Kier alpha value is -3.33. The molecule has 0 bridgehead atoms. The predicted molar refractivity (Wildman–Crippen MR) is 125 cm³/mol. The maximum absolute atomic E-state index is 13.9. The van der Waals surface area contributed by atoms with Gasteiger partial charge in [0.2, 0.25) is 5.91 Å². The van der Waals surface area contributed by atoms with Crippen molar-refractivity contribution in [2.24, 2.45) is 0 Å². The number of aromatic amines is 1. The second-order valence-corrected chi connectivity index (χ2v) is 8.51. The highest BCUT2D eigenvalue weighted by atomic mass is 32.2. The lowest BCUT2D eigenvalue weighted by Crippen LogP contribution is -2.31. The maximum Gasteiger partial charge on any atom is 0.257 e. The van der Waals surface area contributed by atoms with Crippen molar-refractivity contribution in [1.29, 1.82) is 0 Å². The molecule has 33 heavy (non-hydrogen) atoms. The van der Waals surface area contributed by atoms with Crippen LogP contribution in [0.5, 0.6) is 11.5 Å². The van der Waals surface area contributed by atoms with E-state index in [4.69, 9.17) is 9.47 Å². The number of thioether (sulfide) groups is 1. The Balaban J connectivity index is 1.71. The third-order valence-electron chi connectivity index (χ3n) is 5.31. The molecule has 172 valence electrons. The van der Waals surface area contributed by atoms with E-state index < -0.39 is 5.92 Å². The number of hydrogen-bond acceptors (Lipinski definition) is 6.